The highest BCUT2D eigenvalue weighted by atomic mass is 16.2. The van der Waals surface area contributed by atoms with Gasteiger partial charge in [-0.15, -0.1) is 0 Å². The molecule has 0 atom stereocenters. The normalized spacial score (nSPS) is 19.5. The molecular weight excluding hydrogens is 308 g/mol. The number of fused-ring (bicyclic) bond motifs is 1. The third kappa shape index (κ3) is 2.11. The number of carbonyl (C=O) groups excluding carboxylic acids is 2. The Morgan fingerprint density at radius 2 is 2.00 bits per heavy atom. The van der Waals surface area contributed by atoms with E-state index in [1.54, 1.807) is 12.3 Å². The lowest BCUT2D eigenvalue weighted by atomic mass is 9.98. The molecular formula is C17H18N4O3. The molecule has 0 aromatic carbocycles. The molecule has 2 aromatic rings. The number of nitrogens with one attached hydrogen (secondary N) is 1. The Bertz CT molecular complexity index is 912. The van der Waals surface area contributed by atoms with Gasteiger partial charge in [0.15, 0.2) is 0 Å². The molecule has 4 rings (SSSR count). The number of urea groups is 1. The van der Waals surface area contributed by atoms with Crippen LogP contribution in [0.25, 0.3) is 5.65 Å². The lowest BCUT2D eigenvalue weighted by Gasteiger charge is -2.19. The van der Waals surface area contributed by atoms with Gasteiger partial charge in [-0.05, 0) is 31.4 Å². The highest BCUT2D eigenvalue weighted by Crippen LogP contribution is 2.35. The summed E-state index contributed by atoms with van der Waals surface area (Å²) in [7, 11) is 0. The Hall–Kier alpha value is -2.70. The fourth-order valence-electron chi connectivity index (χ4n) is 3.69. The smallest absolute Gasteiger partial charge is 0.323 e. The molecule has 0 unspecified atom stereocenters. The van der Waals surface area contributed by atoms with Crippen LogP contribution in [0.4, 0.5) is 4.79 Å². The van der Waals surface area contributed by atoms with Gasteiger partial charge in [-0.1, -0.05) is 18.9 Å². The van der Waals surface area contributed by atoms with Crippen molar-refractivity contribution in [3.63, 3.8) is 0 Å². The van der Waals surface area contributed by atoms with Crippen LogP contribution in [0.5, 0.6) is 0 Å². The average molecular weight is 326 g/mol. The van der Waals surface area contributed by atoms with Gasteiger partial charge in [0.2, 0.25) is 0 Å². The molecule has 0 bridgehead atoms. The topological polar surface area (TPSA) is 83.8 Å². The minimum absolute atomic E-state index is 0.0203. The molecule has 24 heavy (non-hydrogen) atoms. The number of carbonyl (C=O) groups is 2. The summed E-state index contributed by atoms with van der Waals surface area (Å²) in [5.41, 5.74) is 0.872. The molecule has 1 spiro atoms. The summed E-state index contributed by atoms with van der Waals surface area (Å²) in [6.45, 7) is 1.89. The minimum atomic E-state index is -0.737. The molecule has 3 heterocycles. The van der Waals surface area contributed by atoms with E-state index in [-0.39, 0.29) is 18.0 Å². The van der Waals surface area contributed by atoms with E-state index in [0.29, 0.717) is 24.2 Å². The molecule has 1 saturated carbocycles. The van der Waals surface area contributed by atoms with E-state index in [9.17, 15) is 14.4 Å². The predicted octanol–water partition coefficient (Wildman–Crippen LogP) is 1.37. The summed E-state index contributed by atoms with van der Waals surface area (Å²) in [5.74, 6) is -0.197. The first-order valence-corrected chi connectivity index (χ1v) is 8.12. The van der Waals surface area contributed by atoms with Crippen molar-refractivity contribution in [2.24, 2.45) is 0 Å². The number of imide groups is 1. The third-order valence-corrected chi connectivity index (χ3v) is 4.96. The van der Waals surface area contributed by atoms with Crippen LogP contribution in [-0.4, -0.2) is 31.8 Å². The maximum atomic E-state index is 12.7. The predicted molar refractivity (Wildman–Crippen MR) is 86.5 cm³/mol. The molecule has 3 amide bonds. The van der Waals surface area contributed by atoms with E-state index in [0.717, 1.165) is 18.4 Å². The number of rotatable bonds is 2. The van der Waals surface area contributed by atoms with Crippen LogP contribution in [0, 0.1) is 6.92 Å². The minimum Gasteiger partial charge on any atom is -0.323 e. The highest BCUT2D eigenvalue weighted by molar-refractivity contribution is 6.07. The van der Waals surface area contributed by atoms with Gasteiger partial charge in [0.05, 0.1) is 12.2 Å². The summed E-state index contributed by atoms with van der Waals surface area (Å²) in [6.07, 6.45) is 4.90. The summed E-state index contributed by atoms with van der Waals surface area (Å²) >= 11 is 0. The molecule has 0 radical (unpaired) electrons. The zero-order chi connectivity index (χ0) is 16.9. The van der Waals surface area contributed by atoms with Crippen LogP contribution in [0.2, 0.25) is 0 Å². The maximum Gasteiger partial charge on any atom is 0.325 e. The molecule has 1 aliphatic heterocycles. The summed E-state index contributed by atoms with van der Waals surface area (Å²) < 4.78 is 1.46. The van der Waals surface area contributed by atoms with E-state index < -0.39 is 11.6 Å². The maximum absolute atomic E-state index is 12.7. The van der Waals surface area contributed by atoms with Crippen molar-refractivity contribution in [2.45, 2.75) is 44.7 Å². The Morgan fingerprint density at radius 3 is 2.75 bits per heavy atom. The lowest BCUT2D eigenvalue weighted by molar-refractivity contribution is -0.131. The molecule has 1 saturated heterocycles. The van der Waals surface area contributed by atoms with E-state index in [2.05, 4.69) is 10.3 Å². The summed E-state index contributed by atoms with van der Waals surface area (Å²) in [5, 5.41) is 2.84. The molecule has 2 aromatic heterocycles. The van der Waals surface area contributed by atoms with Crippen molar-refractivity contribution in [2.75, 3.05) is 0 Å². The van der Waals surface area contributed by atoms with Crippen molar-refractivity contribution < 1.29 is 9.59 Å². The first-order chi connectivity index (χ1) is 11.5. The SMILES string of the molecule is Cc1cccn2c(=O)cc(CN3C(=O)NC4(CCCC4)C3=O)nc12. The summed E-state index contributed by atoms with van der Waals surface area (Å²) in [6, 6.07) is 4.64. The second-order valence-electron chi connectivity index (χ2n) is 6.58. The first-order valence-electron chi connectivity index (χ1n) is 8.12. The van der Waals surface area contributed by atoms with Gasteiger partial charge in [0, 0.05) is 12.3 Å². The number of hydrogen-bond acceptors (Lipinski definition) is 4. The number of aryl methyl sites for hydroxylation is 1. The number of hydrogen-bond donors (Lipinski definition) is 1. The average Bonchev–Trinajstić information content (AvgIpc) is 3.10. The van der Waals surface area contributed by atoms with Crippen molar-refractivity contribution in [3.8, 4) is 0 Å². The van der Waals surface area contributed by atoms with Crippen molar-refractivity contribution >= 4 is 17.6 Å². The Balaban J connectivity index is 1.70. The van der Waals surface area contributed by atoms with Gasteiger partial charge in [-0.25, -0.2) is 9.78 Å². The van der Waals surface area contributed by atoms with Crippen LogP contribution >= 0.6 is 0 Å². The summed E-state index contributed by atoms with van der Waals surface area (Å²) in [4.78, 5) is 42.9. The van der Waals surface area contributed by atoms with E-state index in [1.165, 1.54) is 15.4 Å². The highest BCUT2D eigenvalue weighted by Gasteiger charge is 2.52. The van der Waals surface area contributed by atoms with Gasteiger partial charge in [0.25, 0.3) is 11.5 Å². The molecule has 7 nitrogen and oxygen atoms in total. The zero-order valence-electron chi connectivity index (χ0n) is 13.4. The second-order valence-corrected chi connectivity index (χ2v) is 6.58. The van der Waals surface area contributed by atoms with Crippen LogP contribution < -0.4 is 10.9 Å². The van der Waals surface area contributed by atoms with Crippen molar-refractivity contribution in [3.05, 3.63) is 46.0 Å². The first kappa shape index (κ1) is 14.9. The lowest BCUT2D eigenvalue weighted by Crippen LogP contribution is -2.44. The van der Waals surface area contributed by atoms with E-state index in [4.69, 9.17) is 0 Å². The van der Waals surface area contributed by atoms with Gasteiger partial charge >= 0.3 is 6.03 Å². The van der Waals surface area contributed by atoms with Gasteiger partial charge in [0.1, 0.15) is 11.2 Å². The van der Waals surface area contributed by atoms with Crippen molar-refractivity contribution in [1.29, 1.82) is 0 Å². The third-order valence-electron chi connectivity index (χ3n) is 4.96. The Labute approximate surface area is 138 Å². The fourth-order valence-corrected chi connectivity index (χ4v) is 3.69. The molecule has 2 aliphatic rings. The zero-order valence-corrected chi connectivity index (χ0v) is 13.4. The van der Waals surface area contributed by atoms with Gasteiger partial charge in [-0.2, -0.15) is 0 Å². The Morgan fingerprint density at radius 1 is 1.25 bits per heavy atom. The molecule has 1 aliphatic carbocycles. The molecule has 1 N–H and O–H groups in total. The monoisotopic (exact) mass is 326 g/mol. The van der Waals surface area contributed by atoms with Crippen LogP contribution in [0.15, 0.2) is 29.2 Å². The van der Waals surface area contributed by atoms with Gasteiger partial charge in [-0.3, -0.25) is 18.9 Å². The van der Waals surface area contributed by atoms with Crippen LogP contribution in [0.1, 0.15) is 36.9 Å². The van der Waals surface area contributed by atoms with Crippen LogP contribution in [0.3, 0.4) is 0 Å². The number of aromatic nitrogens is 2. The second kappa shape index (κ2) is 5.15. The van der Waals surface area contributed by atoms with E-state index in [1.807, 2.05) is 13.0 Å². The fraction of sp³-hybridized carbons (Fsp3) is 0.412. The van der Waals surface area contributed by atoms with Crippen molar-refractivity contribution in [1.82, 2.24) is 19.6 Å². The number of pyridine rings is 1. The van der Waals surface area contributed by atoms with Crippen LogP contribution in [-0.2, 0) is 11.3 Å². The number of amides is 3. The molecule has 124 valence electrons. The Kier molecular flexibility index (Phi) is 3.19. The van der Waals surface area contributed by atoms with Gasteiger partial charge < -0.3 is 5.32 Å². The molecule has 7 heteroatoms. The largest absolute Gasteiger partial charge is 0.325 e. The standard InChI is InChI=1S/C17H18N4O3/c1-11-5-4-8-20-13(22)9-12(18-14(11)20)10-21-15(23)17(19-16(21)24)6-2-3-7-17/h4-5,8-9H,2-3,6-7,10H2,1H3,(H,19,24). The van der Waals surface area contributed by atoms with E-state index >= 15 is 0 Å². The number of nitrogens with zero attached hydrogens (tertiary/aromatic N) is 3. The quantitative estimate of drug-likeness (QED) is 0.845. The molecule has 2 fully saturated rings.